The second kappa shape index (κ2) is 8.47. The number of pyridine rings is 1. The third kappa shape index (κ3) is 4.38. The molecule has 3 heterocycles. The lowest BCUT2D eigenvalue weighted by Gasteiger charge is -2.37. The quantitative estimate of drug-likeness (QED) is 0.752. The minimum Gasteiger partial charge on any atom is -0.353 e. The number of piperazine rings is 1. The predicted octanol–water partition coefficient (Wildman–Crippen LogP) is 2.15. The molecule has 0 radical (unpaired) electrons. The molecule has 0 bridgehead atoms. The van der Waals surface area contributed by atoms with Crippen molar-refractivity contribution in [2.45, 2.75) is 24.8 Å². The number of sulfonamides is 1. The Morgan fingerprint density at radius 3 is 2.48 bits per heavy atom. The van der Waals surface area contributed by atoms with E-state index < -0.39 is 16.1 Å². The van der Waals surface area contributed by atoms with Gasteiger partial charge >= 0.3 is 0 Å². The first kappa shape index (κ1) is 21.6. The van der Waals surface area contributed by atoms with Crippen LogP contribution in [0.2, 0.25) is 5.02 Å². The predicted molar refractivity (Wildman–Crippen MR) is 120 cm³/mol. The van der Waals surface area contributed by atoms with Crippen LogP contribution in [-0.4, -0.2) is 62.3 Å². The lowest BCUT2D eigenvalue weighted by atomic mass is 10.0. The maximum atomic E-state index is 13.3. The molecular formula is C21H24ClN5O3S. The number of hydrogen-bond acceptors (Lipinski definition) is 6. The standard InChI is InChI=1S/C21H24ClN5O3S/c1-14(2)19(24-20-16-5-3-4-6-17(16)31(29,30)25-20)21(28)27-11-9-26(10-12-27)18-8-7-15(22)13-23-18/h3-8,13-14,19H,9-12H2,1-2H3,(H,24,25)/t19-/m0/s1. The third-order valence-electron chi connectivity index (χ3n) is 5.44. The van der Waals surface area contributed by atoms with Gasteiger partial charge in [0.2, 0.25) is 5.91 Å². The van der Waals surface area contributed by atoms with Gasteiger partial charge in [-0.15, -0.1) is 0 Å². The minimum absolute atomic E-state index is 0.0896. The van der Waals surface area contributed by atoms with Crippen LogP contribution in [-0.2, 0) is 14.8 Å². The number of benzene rings is 1. The fraction of sp³-hybridized carbons (Fsp3) is 0.381. The van der Waals surface area contributed by atoms with Gasteiger partial charge in [0.15, 0.2) is 0 Å². The van der Waals surface area contributed by atoms with E-state index in [1.165, 1.54) is 6.07 Å². The van der Waals surface area contributed by atoms with Crippen molar-refractivity contribution >= 4 is 39.2 Å². The normalized spacial score (nSPS) is 19.9. The summed E-state index contributed by atoms with van der Waals surface area (Å²) in [5.74, 6) is 0.865. The van der Waals surface area contributed by atoms with Gasteiger partial charge in [-0.2, -0.15) is 0 Å². The lowest BCUT2D eigenvalue weighted by molar-refractivity contribution is -0.133. The highest BCUT2D eigenvalue weighted by Crippen LogP contribution is 2.24. The van der Waals surface area contributed by atoms with Gasteiger partial charge in [-0.1, -0.05) is 37.6 Å². The molecule has 2 aromatic rings. The van der Waals surface area contributed by atoms with E-state index in [4.69, 9.17) is 11.6 Å². The van der Waals surface area contributed by atoms with Crippen LogP contribution in [0.3, 0.4) is 0 Å². The molecule has 10 heteroatoms. The zero-order chi connectivity index (χ0) is 22.2. The SMILES string of the molecule is CC(C)[C@H](N=C1NS(=O)(=O)c2ccccc21)C(=O)N1CCN(c2ccc(Cl)cn2)CC1. The number of nitrogens with zero attached hydrogens (tertiary/aromatic N) is 4. The zero-order valence-electron chi connectivity index (χ0n) is 17.3. The van der Waals surface area contributed by atoms with Crippen LogP contribution in [0.5, 0.6) is 0 Å². The molecule has 164 valence electrons. The molecule has 2 aliphatic rings. The van der Waals surface area contributed by atoms with Crippen LogP contribution in [0, 0.1) is 5.92 Å². The Balaban J connectivity index is 1.50. The smallest absolute Gasteiger partial charge is 0.263 e. The summed E-state index contributed by atoms with van der Waals surface area (Å²) in [6.45, 7) is 6.21. The van der Waals surface area contributed by atoms with Crippen molar-refractivity contribution in [3.8, 4) is 0 Å². The van der Waals surface area contributed by atoms with Crippen molar-refractivity contribution in [3.05, 3.63) is 53.2 Å². The Kier molecular flexibility index (Phi) is 5.90. The second-order valence-electron chi connectivity index (χ2n) is 7.92. The molecule has 1 N–H and O–H groups in total. The summed E-state index contributed by atoms with van der Waals surface area (Å²) in [5.41, 5.74) is 0.500. The third-order valence-corrected chi connectivity index (χ3v) is 7.06. The number of rotatable bonds is 4. The van der Waals surface area contributed by atoms with Gasteiger partial charge in [-0.3, -0.25) is 14.5 Å². The van der Waals surface area contributed by atoms with Gasteiger partial charge in [0.1, 0.15) is 17.7 Å². The summed E-state index contributed by atoms with van der Waals surface area (Å²) in [7, 11) is -3.65. The molecule has 0 aliphatic carbocycles. The molecular weight excluding hydrogens is 438 g/mol. The van der Waals surface area contributed by atoms with Crippen LogP contribution in [0.25, 0.3) is 0 Å². The molecule has 0 spiro atoms. The van der Waals surface area contributed by atoms with Crippen molar-refractivity contribution in [2.75, 3.05) is 31.1 Å². The van der Waals surface area contributed by atoms with E-state index in [9.17, 15) is 13.2 Å². The summed E-state index contributed by atoms with van der Waals surface area (Å²) in [6.07, 6.45) is 1.61. The molecule has 4 rings (SSSR count). The number of amides is 1. The van der Waals surface area contributed by atoms with Crippen molar-refractivity contribution in [3.63, 3.8) is 0 Å². The zero-order valence-corrected chi connectivity index (χ0v) is 18.9. The maximum absolute atomic E-state index is 13.3. The molecule has 1 aromatic carbocycles. The van der Waals surface area contributed by atoms with Gasteiger partial charge < -0.3 is 9.80 Å². The van der Waals surface area contributed by atoms with Crippen LogP contribution in [0.15, 0.2) is 52.5 Å². The first-order valence-corrected chi connectivity index (χ1v) is 12.0. The summed E-state index contributed by atoms with van der Waals surface area (Å²) in [6, 6.07) is 9.65. The number of amidine groups is 1. The van der Waals surface area contributed by atoms with Crippen molar-refractivity contribution in [2.24, 2.45) is 10.9 Å². The van der Waals surface area contributed by atoms with E-state index in [0.29, 0.717) is 36.8 Å². The Bertz CT molecular complexity index is 1110. The Hall–Kier alpha value is -2.65. The fourth-order valence-corrected chi connectivity index (χ4v) is 5.11. The van der Waals surface area contributed by atoms with Crippen molar-refractivity contribution in [1.82, 2.24) is 14.6 Å². The number of anilines is 1. The minimum atomic E-state index is -3.65. The maximum Gasteiger partial charge on any atom is 0.263 e. The summed E-state index contributed by atoms with van der Waals surface area (Å²) >= 11 is 5.91. The molecule has 1 saturated heterocycles. The highest BCUT2D eigenvalue weighted by Gasteiger charge is 2.34. The van der Waals surface area contributed by atoms with Crippen LogP contribution >= 0.6 is 11.6 Å². The van der Waals surface area contributed by atoms with Crippen LogP contribution in [0.4, 0.5) is 5.82 Å². The fourth-order valence-electron chi connectivity index (χ4n) is 3.76. The number of hydrogen-bond donors (Lipinski definition) is 1. The van der Waals surface area contributed by atoms with Crippen LogP contribution in [0.1, 0.15) is 19.4 Å². The number of carbonyl (C=O) groups is 1. The Morgan fingerprint density at radius 1 is 1.13 bits per heavy atom. The molecule has 1 aromatic heterocycles. The van der Waals surface area contributed by atoms with E-state index in [-0.39, 0.29) is 22.6 Å². The van der Waals surface area contributed by atoms with Gasteiger partial charge in [-0.25, -0.2) is 13.4 Å². The largest absolute Gasteiger partial charge is 0.353 e. The summed E-state index contributed by atoms with van der Waals surface area (Å²) in [4.78, 5) is 26.3. The Labute approximate surface area is 187 Å². The topological polar surface area (TPSA) is 95.0 Å². The molecule has 1 atom stereocenters. The van der Waals surface area contributed by atoms with Gasteiger partial charge in [-0.05, 0) is 30.2 Å². The van der Waals surface area contributed by atoms with Gasteiger partial charge in [0.05, 0.1) is 9.92 Å². The summed E-state index contributed by atoms with van der Waals surface area (Å²) in [5, 5.41) is 0.584. The number of aliphatic imine (C=N–C) groups is 1. The molecule has 0 saturated carbocycles. The van der Waals surface area contributed by atoms with Crippen molar-refractivity contribution < 1.29 is 13.2 Å². The highest BCUT2D eigenvalue weighted by molar-refractivity contribution is 7.90. The number of carbonyl (C=O) groups excluding carboxylic acids is 1. The number of fused-ring (bicyclic) bond motifs is 1. The molecule has 1 amide bonds. The molecule has 2 aliphatic heterocycles. The van der Waals surface area contributed by atoms with Crippen molar-refractivity contribution in [1.29, 1.82) is 0 Å². The lowest BCUT2D eigenvalue weighted by Crippen LogP contribution is -2.52. The van der Waals surface area contributed by atoms with E-state index in [1.807, 2.05) is 19.9 Å². The second-order valence-corrected chi connectivity index (χ2v) is 10.0. The van der Waals surface area contributed by atoms with Gasteiger partial charge in [0.25, 0.3) is 10.0 Å². The molecule has 0 unspecified atom stereocenters. The van der Waals surface area contributed by atoms with E-state index in [2.05, 4.69) is 19.6 Å². The average Bonchev–Trinajstić information content (AvgIpc) is 3.02. The van der Waals surface area contributed by atoms with E-state index in [0.717, 1.165) is 5.82 Å². The first-order chi connectivity index (χ1) is 14.8. The highest BCUT2D eigenvalue weighted by atomic mass is 35.5. The molecule has 1 fully saturated rings. The van der Waals surface area contributed by atoms with E-state index in [1.54, 1.807) is 35.4 Å². The monoisotopic (exact) mass is 461 g/mol. The van der Waals surface area contributed by atoms with E-state index >= 15 is 0 Å². The summed E-state index contributed by atoms with van der Waals surface area (Å²) < 4.78 is 27.2. The number of halogens is 1. The number of nitrogens with one attached hydrogen (secondary N) is 1. The molecule has 31 heavy (non-hydrogen) atoms. The number of aromatic nitrogens is 1. The van der Waals surface area contributed by atoms with Crippen LogP contribution < -0.4 is 9.62 Å². The average molecular weight is 462 g/mol. The molecule has 8 nitrogen and oxygen atoms in total. The Morgan fingerprint density at radius 2 is 1.84 bits per heavy atom. The van der Waals surface area contributed by atoms with Gasteiger partial charge in [0, 0.05) is 37.9 Å². The first-order valence-electron chi connectivity index (χ1n) is 10.1.